The van der Waals surface area contributed by atoms with E-state index >= 15 is 0 Å². The Labute approximate surface area is 57.1 Å². The zero-order valence-corrected chi connectivity index (χ0v) is 6.29. The molecule has 0 radical (unpaired) electrons. The highest BCUT2D eigenvalue weighted by molar-refractivity contribution is 9.11. The molecule has 0 saturated carbocycles. The van der Waals surface area contributed by atoms with Crippen LogP contribution in [0.15, 0.2) is 11.1 Å². The minimum Gasteiger partial charge on any atom is -0.352 e. The topological polar surface area (TPSA) is 29.1 Å². The average molecular weight is 178 g/mol. The molecule has 0 aromatic carbocycles. The van der Waals surface area contributed by atoms with Crippen molar-refractivity contribution in [1.82, 2.24) is 5.32 Å². The lowest BCUT2D eigenvalue weighted by molar-refractivity contribution is -0.118. The Morgan fingerprint density at radius 2 is 2.38 bits per heavy atom. The summed E-state index contributed by atoms with van der Waals surface area (Å²) in [4.78, 5) is 10.2. The molecule has 2 nitrogen and oxygen atoms in total. The van der Waals surface area contributed by atoms with Gasteiger partial charge in [-0.05, 0) is 0 Å². The smallest absolute Gasteiger partial charge is 0.217 e. The number of hydrogen-bond donors (Lipinski definition) is 1. The van der Waals surface area contributed by atoms with E-state index in [2.05, 4.69) is 27.8 Å². The predicted molar refractivity (Wildman–Crippen MR) is 36.8 cm³/mol. The second-order valence-electron chi connectivity index (χ2n) is 1.43. The molecule has 1 amide bonds. The van der Waals surface area contributed by atoms with E-state index in [1.165, 1.54) is 6.92 Å². The van der Waals surface area contributed by atoms with Crippen molar-refractivity contribution < 1.29 is 4.79 Å². The Hall–Kier alpha value is -0.310. The second kappa shape index (κ2) is 3.66. The van der Waals surface area contributed by atoms with Gasteiger partial charge in [0.25, 0.3) is 0 Å². The van der Waals surface area contributed by atoms with Crippen molar-refractivity contribution in [2.45, 2.75) is 6.92 Å². The molecule has 0 aliphatic rings. The van der Waals surface area contributed by atoms with E-state index in [0.29, 0.717) is 6.54 Å². The van der Waals surface area contributed by atoms with Crippen LogP contribution in [0.4, 0.5) is 0 Å². The average Bonchev–Trinajstić information content (AvgIpc) is 1.61. The first kappa shape index (κ1) is 7.69. The van der Waals surface area contributed by atoms with Crippen LogP contribution in [-0.2, 0) is 4.79 Å². The molecular weight excluding hydrogens is 170 g/mol. The molecule has 8 heavy (non-hydrogen) atoms. The van der Waals surface area contributed by atoms with Crippen LogP contribution in [0, 0.1) is 0 Å². The van der Waals surface area contributed by atoms with Crippen molar-refractivity contribution in [3.05, 3.63) is 11.1 Å². The van der Waals surface area contributed by atoms with Crippen LogP contribution in [0.5, 0.6) is 0 Å². The van der Waals surface area contributed by atoms with Gasteiger partial charge in [-0.15, -0.1) is 0 Å². The number of nitrogens with one attached hydrogen (secondary N) is 1. The van der Waals surface area contributed by atoms with Gasteiger partial charge in [0.05, 0.1) is 0 Å². The lowest BCUT2D eigenvalue weighted by Gasteiger charge is -1.95. The third-order valence-corrected chi connectivity index (χ3v) is 0.810. The van der Waals surface area contributed by atoms with Gasteiger partial charge in [-0.1, -0.05) is 22.5 Å². The third-order valence-electron chi connectivity index (χ3n) is 0.529. The molecule has 0 bridgehead atoms. The summed E-state index contributed by atoms with van der Waals surface area (Å²) in [5, 5.41) is 2.56. The fourth-order valence-electron chi connectivity index (χ4n) is 0.220. The van der Waals surface area contributed by atoms with Gasteiger partial charge in [0.1, 0.15) is 0 Å². The quantitative estimate of drug-likeness (QED) is 0.672. The first-order valence-corrected chi connectivity index (χ1v) is 3.00. The molecule has 0 saturated heterocycles. The van der Waals surface area contributed by atoms with Crippen molar-refractivity contribution in [2.75, 3.05) is 6.54 Å². The van der Waals surface area contributed by atoms with Crippen LogP contribution in [0.3, 0.4) is 0 Å². The largest absolute Gasteiger partial charge is 0.352 e. The van der Waals surface area contributed by atoms with Crippen molar-refractivity contribution in [3.63, 3.8) is 0 Å². The first-order valence-electron chi connectivity index (χ1n) is 2.20. The van der Waals surface area contributed by atoms with Gasteiger partial charge >= 0.3 is 0 Å². The molecule has 0 spiro atoms. The van der Waals surface area contributed by atoms with E-state index in [4.69, 9.17) is 0 Å². The first-order chi connectivity index (χ1) is 3.63. The molecule has 0 fully saturated rings. The van der Waals surface area contributed by atoms with E-state index in [-0.39, 0.29) is 5.91 Å². The zero-order chi connectivity index (χ0) is 6.57. The highest BCUT2D eigenvalue weighted by atomic mass is 79.9. The van der Waals surface area contributed by atoms with Crippen LogP contribution in [0.2, 0.25) is 0 Å². The minimum absolute atomic E-state index is 0.0365. The van der Waals surface area contributed by atoms with E-state index in [1.807, 2.05) is 0 Å². The number of carbonyl (C=O) groups excluding carboxylic acids is 1. The number of rotatable bonds is 2. The maximum absolute atomic E-state index is 10.2. The number of hydrogen-bond acceptors (Lipinski definition) is 1. The molecule has 0 heterocycles. The maximum Gasteiger partial charge on any atom is 0.217 e. The summed E-state index contributed by atoms with van der Waals surface area (Å²) in [6.45, 7) is 5.51. The van der Waals surface area contributed by atoms with E-state index < -0.39 is 0 Å². The van der Waals surface area contributed by atoms with Gasteiger partial charge in [0.2, 0.25) is 5.91 Å². The molecule has 46 valence electrons. The standard InChI is InChI=1S/C5H8BrNO/c1-4(6)3-7-5(2)8/h1,3H2,2H3,(H,7,8). The van der Waals surface area contributed by atoms with Gasteiger partial charge in [-0.3, -0.25) is 4.79 Å². The molecule has 0 unspecified atom stereocenters. The summed E-state index contributed by atoms with van der Waals surface area (Å²) < 4.78 is 0.785. The highest BCUT2D eigenvalue weighted by Gasteiger charge is 1.88. The molecule has 1 N–H and O–H groups in total. The summed E-state index contributed by atoms with van der Waals surface area (Å²) in [5.74, 6) is -0.0365. The van der Waals surface area contributed by atoms with E-state index in [0.717, 1.165) is 4.48 Å². The van der Waals surface area contributed by atoms with Crippen molar-refractivity contribution >= 4 is 21.8 Å². The SMILES string of the molecule is C=C(Br)CNC(C)=O. The number of halogens is 1. The molecular formula is C5H8BrNO. The highest BCUT2D eigenvalue weighted by Crippen LogP contribution is 1.95. The molecule has 0 atom stereocenters. The van der Waals surface area contributed by atoms with Gasteiger partial charge in [0.15, 0.2) is 0 Å². The molecule has 0 aliphatic heterocycles. The summed E-state index contributed by atoms with van der Waals surface area (Å²) in [6.07, 6.45) is 0. The fourth-order valence-corrected chi connectivity index (χ4v) is 0.361. The van der Waals surface area contributed by atoms with Crippen LogP contribution in [-0.4, -0.2) is 12.5 Å². The van der Waals surface area contributed by atoms with Crippen molar-refractivity contribution in [1.29, 1.82) is 0 Å². The lowest BCUT2D eigenvalue weighted by atomic mass is 10.6. The van der Waals surface area contributed by atoms with Crippen LogP contribution in [0.25, 0.3) is 0 Å². The van der Waals surface area contributed by atoms with Gasteiger partial charge in [0, 0.05) is 18.0 Å². The summed E-state index contributed by atoms with van der Waals surface area (Å²) in [7, 11) is 0. The van der Waals surface area contributed by atoms with Crippen LogP contribution < -0.4 is 5.32 Å². The van der Waals surface area contributed by atoms with Gasteiger partial charge in [-0.2, -0.15) is 0 Å². The van der Waals surface area contributed by atoms with Gasteiger partial charge in [-0.25, -0.2) is 0 Å². The van der Waals surface area contributed by atoms with Crippen molar-refractivity contribution in [2.24, 2.45) is 0 Å². The summed E-state index contributed by atoms with van der Waals surface area (Å²) in [6, 6.07) is 0. The Balaban J connectivity index is 3.18. The van der Waals surface area contributed by atoms with Crippen LogP contribution in [0.1, 0.15) is 6.92 Å². The Morgan fingerprint density at radius 3 is 2.50 bits per heavy atom. The monoisotopic (exact) mass is 177 g/mol. The Morgan fingerprint density at radius 1 is 1.88 bits per heavy atom. The Bertz CT molecular complexity index is 97.0. The molecule has 0 aromatic heterocycles. The zero-order valence-electron chi connectivity index (χ0n) is 4.70. The molecule has 0 rings (SSSR count). The number of amides is 1. The molecule has 3 heteroatoms. The summed E-state index contributed by atoms with van der Waals surface area (Å²) in [5.41, 5.74) is 0. The van der Waals surface area contributed by atoms with Gasteiger partial charge < -0.3 is 5.32 Å². The van der Waals surface area contributed by atoms with E-state index in [1.54, 1.807) is 0 Å². The van der Waals surface area contributed by atoms with Crippen molar-refractivity contribution in [3.8, 4) is 0 Å². The normalized spacial score (nSPS) is 8.25. The Kier molecular flexibility index (Phi) is 3.52. The third kappa shape index (κ3) is 5.69. The number of carbonyl (C=O) groups is 1. The maximum atomic E-state index is 10.2. The minimum atomic E-state index is -0.0365. The van der Waals surface area contributed by atoms with E-state index in [9.17, 15) is 4.79 Å². The lowest BCUT2D eigenvalue weighted by Crippen LogP contribution is -2.20. The molecule has 0 aliphatic carbocycles. The summed E-state index contributed by atoms with van der Waals surface area (Å²) >= 11 is 3.09. The molecule has 0 aromatic rings. The predicted octanol–water partition coefficient (Wildman–Crippen LogP) is 1.03. The van der Waals surface area contributed by atoms with Crippen LogP contribution >= 0.6 is 15.9 Å². The second-order valence-corrected chi connectivity index (χ2v) is 2.55. The fraction of sp³-hybridized carbons (Fsp3) is 0.400.